The number of carbonyl (C=O) groups excluding carboxylic acids is 2. The quantitative estimate of drug-likeness (QED) is 0.215. The molecule has 4 rings (SSSR count). The maximum Gasteiger partial charge on any atom is 0.293 e. The summed E-state index contributed by atoms with van der Waals surface area (Å²) in [6.07, 6.45) is 0. The van der Waals surface area contributed by atoms with Crippen molar-refractivity contribution in [3.63, 3.8) is 0 Å². The van der Waals surface area contributed by atoms with Crippen LogP contribution in [0.4, 0.5) is 22.7 Å². The first-order valence-electron chi connectivity index (χ1n) is 12.8. The van der Waals surface area contributed by atoms with Gasteiger partial charge in [-0.3, -0.25) is 25.0 Å². The van der Waals surface area contributed by atoms with E-state index < -0.39 is 10.8 Å². The van der Waals surface area contributed by atoms with Crippen LogP contribution in [-0.2, 0) is 10.2 Å². The molecule has 0 bridgehead atoms. The van der Waals surface area contributed by atoms with Gasteiger partial charge in [-0.15, -0.1) is 0 Å². The molecular formula is C29H31N5O5S. The number of nitrogens with one attached hydrogen (secondary N) is 3. The molecule has 0 saturated carbocycles. The van der Waals surface area contributed by atoms with Gasteiger partial charge in [-0.1, -0.05) is 32.9 Å². The van der Waals surface area contributed by atoms with E-state index in [1.807, 2.05) is 17.0 Å². The summed E-state index contributed by atoms with van der Waals surface area (Å²) in [6.45, 7) is 8.39. The van der Waals surface area contributed by atoms with E-state index in [0.717, 1.165) is 5.56 Å². The number of hydrogen-bond acceptors (Lipinski definition) is 7. The number of thiocarbonyl (C=S) groups is 1. The van der Waals surface area contributed by atoms with E-state index in [-0.39, 0.29) is 27.7 Å². The van der Waals surface area contributed by atoms with Gasteiger partial charge >= 0.3 is 0 Å². The fourth-order valence-electron chi connectivity index (χ4n) is 4.18. The second kappa shape index (κ2) is 12.2. The minimum atomic E-state index is -0.574. The van der Waals surface area contributed by atoms with Crippen LogP contribution in [0.1, 0.15) is 47.1 Å². The molecule has 0 unspecified atom stereocenters. The predicted octanol–water partition coefficient (Wildman–Crippen LogP) is 5.11. The highest BCUT2D eigenvalue weighted by molar-refractivity contribution is 7.80. The van der Waals surface area contributed by atoms with Gasteiger partial charge in [0.1, 0.15) is 5.69 Å². The molecule has 208 valence electrons. The summed E-state index contributed by atoms with van der Waals surface area (Å²) in [6, 6.07) is 18.7. The highest BCUT2D eigenvalue weighted by Crippen LogP contribution is 2.30. The molecular weight excluding hydrogens is 530 g/mol. The predicted molar refractivity (Wildman–Crippen MR) is 159 cm³/mol. The van der Waals surface area contributed by atoms with E-state index >= 15 is 0 Å². The number of anilines is 3. The smallest absolute Gasteiger partial charge is 0.293 e. The zero-order valence-electron chi connectivity index (χ0n) is 22.5. The average Bonchev–Trinajstić information content (AvgIpc) is 2.93. The van der Waals surface area contributed by atoms with Crippen molar-refractivity contribution >= 4 is 51.9 Å². The Morgan fingerprint density at radius 1 is 0.875 bits per heavy atom. The van der Waals surface area contributed by atoms with Crippen LogP contribution in [0.3, 0.4) is 0 Å². The molecule has 0 aliphatic carbocycles. The summed E-state index contributed by atoms with van der Waals surface area (Å²) < 4.78 is 5.32. The van der Waals surface area contributed by atoms with Gasteiger partial charge in [-0.05, 0) is 71.7 Å². The molecule has 11 heteroatoms. The van der Waals surface area contributed by atoms with Gasteiger partial charge in [0.25, 0.3) is 17.5 Å². The number of ether oxygens (including phenoxy) is 1. The van der Waals surface area contributed by atoms with E-state index in [2.05, 4.69) is 36.7 Å². The van der Waals surface area contributed by atoms with E-state index in [1.54, 1.807) is 42.5 Å². The molecule has 0 atom stereocenters. The van der Waals surface area contributed by atoms with Crippen molar-refractivity contribution in [3.8, 4) is 0 Å². The van der Waals surface area contributed by atoms with Crippen molar-refractivity contribution in [2.45, 2.75) is 26.2 Å². The second-order valence-corrected chi connectivity index (χ2v) is 10.7. The zero-order valence-corrected chi connectivity index (χ0v) is 23.3. The van der Waals surface area contributed by atoms with E-state index in [4.69, 9.17) is 17.0 Å². The number of carbonyl (C=O) groups is 2. The summed E-state index contributed by atoms with van der Waals surface area (Å²) in [5, 5.41) is 20.0. The normalized spacial score (nSPS) is 13.3. The molecule has 2 amide bonds. The summed E-state index contributed by atoms with van der Waals surface area (Å²) in [5.41, 5.74) is 3.29. The largest absolute Gasteiger partial charge is 0.378 e. The molecule has 1 aliphatic heterocycles. The van der Waals surface area contributed by atoms with Crippen LogP contribution in [-0.4, -0.2) is 48.2 Å². The van der Waals surface area contributed by atoms with Crippen molar-refractivity contribution in [2.24, 2.45) is 0 Å². The van der Waals surface area contributed by atoms with Crippen LogP contribution in [0.15, 0.2) is 66.7 Å². The molecule has 1 saturated heterocycles. The lowest BCUT2D eigenvalue weighted by molar-refractivity contribution is -0.384. The van der Waals surface area contributed by atoms with Crippen LogP contribution in [0.5, 0.6) is 0 Å². The fourth-order valence-corrected chi connectivity index (χ4v) is 4.39. The van der Waals surface area contributed by atoms with Gasteiger partial charge in [0.05, 0.1) is 18.1 Å². The Morgan fingerprint density at radius 3 is 2.02 bits per heavy atom. The number of amides is 2. The van der Waals surface area contributed by atoms with Gasteiger partial charge in [-0.2, -0.15) is 0 Å². The minimum Gasteiger partial charge on any atom is -0.378 e. The minimum absolute atomic E-state index is 0.00348. The van der Waals surface area contributed by atoms with E-state index in [0.29, 0.717) is 48.9 Å². The fraction of sp³-hybridized carbons (Fsp3) is 0.276. The maximum atomic E-state index is 12.8. The lowest BCUT2D eigenvalue weighted by Gasteiger charge is -2.28. The highest BCUT2D eigenvalue weighted by Gasteiger charge is 2.23. The van der Waals surface area contributed by atoms with Crippen molar-refractivity contribution in [1.29, 1.82) is 0 Å². The van der Waals surface area contributed by atoms with Crippen molar-refractivity contribution in [1.82, 2.24) is 5.32 Å². The number of rotatable bonds is 6. The number of nitro groups is 1. The van der Waals surface area contributed by atoms with Gasteiger partial charge in [0.15, 0.2) is 5.11 Å². The molecule has 3 aromatic carbocycles. The Hall–Kier alpha value is -4.35. The third-order valence-electron chi connectivity index (χ3n) is 6.43. The monoisotopic (exact) mass is 561 g/mol. The Kier molecular flexibility index (Phi) is 8.76. The van der Waals surface area contributed by atoms with Gasteiger partial charge in [0, 0.05) is 41.7 Å². The van der Waals surface area contributed by atoms with Crippen molar-refractivity contribution in [2.75, 3.05) is 41.8 Å². The highest BCUT2D eigenvalue weighted by atomic mass is 32.1. The molecule has 1 heterocycles. The topological polar surface area (TPSA) is 126 Å². The average molecular weight is 562 g/mol. The van der Waals surface area contributed by atoms with Gasteiger partial charge in [-0.25, -0.2) is 0 Å². The molecule has 1 aliphatic rings. The molecule has 0 radical (unpaired) electrons. The number of benzene rings is 3. The first-order chi connectivity index (χ1) is 19.0. The van der Waals surface area contributed by atoms with Gasteiger partial charge in [0.2, 0.25) is 0 Å². The van der Waals surface area contributed by atoms with E-state index in [9.17, 15) is 19.7 Å². The molecule has 0 spiro atoms. The molecule has 10 nitrogen and oxygen atoms in total. The SMILES string of the molecule is CC(C)(C)c1ccc(C(=O)Nc2ccc(NC(=S)NC(=O)c3ccc(N4CCOCC4)c([N+](=O)[O-])c3)cc2)cc1. The summed E-state index contributed by atoms with van der Waals surface area (Å²) in [5.74, 6) is -0.798. The first kappa shape index (κ1) is 28.7. The first-order valence-corrected chi connectivity index (χ1v) is 13.2. The zero-order chi connectivity index (χ0) is 28.9. The van der Waals surface area contributed by atoms with Crippen LogP contribution in [0, 0.1) is 10.1 Å². The standard InChI is InChI=1S/C29H31N5O5S/c1-29(2,3)21-7-4-19(5-8-21)26(35)30-22-9-11-23(12-10-22)31-28(40)32-27(36)20-6-13-24(25(18-20)34(37)38)33-14-16-39-17-15-33/h4-13,18H,14-17H2,1-3H3,(H,30,35)(H2,31,32,36,40). The molecule has 40 heavy (non-hydrogen) atoms. The van der Waals surface area contributed by atoms with Crippen LogP contribution in [0.25, 0.3) is 0 Å². The van der Waals surface area contributed by atoms with Gasteiger partial charge < -0.3 is 20.3 Å². The lowest BCUT2D eigenvalue weighted by Crippen LogP contribution is -2.37. The lowest BCUT2D eigenvalue weighted by atomic mass is 9.87. The summed E-state index contributed by atoms with van der Waals surface area (Å²) >= 11 is 5.26. The number of morpholine rings is 1. The molecule has 1 fully saturated rings. The van der Waals surface area contributed by atoms with Crippen molar-refractivity contribution < 1.29 is 19.2 Å². The number of nitro benzene ring substituents is 1. The Bertz CT molecular complexity index is 1410. The molecule has 3 aromatic rings. The Balaban J connectivity index is 1.34. The van der Waals surface area contributed by atoms with E-state index in [1.165, 1.54) is 12.1 Å². The van der Waals surface area contributed by atoms with Crippen LogP contribution < -0.4 is 20.9 Å². The maximum absolute atomic E-state index is 12.8. The second-order valence-electron chi connectivity index (χ2n) is 10.3. The molecule has 0 aromatic heterocycles. The number of nitrogens with zero attached hydrogens (tertiary/aromatic N) is 2. The van der Waals surface area contributed by atoms with Crippen LogP contribution >= 0.6 is 12.2 Å². The summed E-state index contributed by atoms with van der Waals surface area (Å²) in [7, 11) is 0. The number of hydrogen-bond donors (Lipinski definition) is 3. The van der Waals surface area contributed by atoms with Crippen molar-refractivity contribution in [3.05, 3.63) is 93.5 Å². The Morgan fingerprint density at radius 2 is 1.45 bits per heavy atom. The summed E-state index contributed by atoms with van der Waals surface area (Å²) in [4.78, 5) is 38.4. The van der Waals surface area contributed by atoms with Crippen LogP contribution in [0.2, 0.25) is 0 Å². The third-order valence-corrected chi connectivity index (χ3v) is 6.63. The third kappa shape index (κ3) is 7.19. The molecule has 3 N–H and O–H groups in total. The Labute approximate surface area is 237 Å².